The predicted octanol–water partition coefficient (Wildman–Crippen LogP) is 5.53. The van der Waals surface area contributed by atoms with Crippen molar-refractivity contribution in [3.63, 3.8) is 0 Å². The van der Waals surface area contributed by atoms with E-state index in [1.54, 1.807) is 6.07 Å². The number of nitrogens with zero attached hydrogens (tertiary/aromatic N) is 1. The van der Waals surface area contributed by atoms with Crippen molar-refractivity contribution in [2.24, 2.45) is 11.8 Å². The minimum Gasteiger partial charge on any atom is -0.497 e. The number of rotatable bonds is 10. The number of aromatic carboxylic acids is 1. The lowest BCUT2D eigenvalue weighted by molar-refractivity contribution is -0.262. The first-order chi connectivity index (χ1) is 17.9. The molecule has 3 rings (SSSR count). The Morgan fingerprint density at radius 1 is 1.13 bits per heavy atom. The van der Waals surface area contributed by atoms with E-state index in [2.05, 4.69) is 0 Å². The van der Waals surface area contributed by atoms with Gasteiger partial charge in [-0.25, -0.2) is 4.79 Å². The van der Waals surface area contributed by atoms with Gasteiger partial charge in [-0.05, 0) is 67.9 Å². The number of hydrogen-bond donors (Lipinski definition) is 2. The molecule has 0 bridgehead atoms. The van der Waals surface area contributed by atoms with E-state index in [1.165, 1.54) is 31.4 Å². The third-order valence-electron chi connectivity index (χ3n) is 6.88. The quantitative estimate of drug-likeness (QED) is 0.399. The van der Waals surface area contributed by atoms with Gasteiger partial charge in [0.15, 0.2) is 0 Å². The van der Waals surface area contributed by atoms with Gasteiger partial charge >= 0.3 is 12.1 Å². The highest BCUT2D eigenvalue weighted by molar-refractivity contribution is 6.33. The molecular formula is C27H31ClF3NO6. The Bertz CT molecular complexity index is 1140. The van der Waals surface area contributed by atoms with Crippen LogP contribution in [-0.4, -0.2) is 60.0 Å². The summed E-state index contributed by atoms with van der Waals surface area (Å²) in [6, 6.07) is 9.21. The molecule has 1 fully saturated rings. The second kappa shape index (κ2) is 12.3. The summed E-state index contributed by atoms with van der Waals surface area (Å²) in [5.41, 5.74) is -4.25. The summed E-state index contributed by atoms with van der Waals surface area (Å²) in [5, 5.41) is 19.8. The molecule has 1 saturated heterocycles. The van der Waals surface area contributed by atoms with Crippen LogP contribution in [0.4, 0.5) is 13.2 Å². The highest BCUT2D eigenvalue weighted by atomic mass is 35.5. The standard InChI is InChI=1S/C27H31ClF3NO6/c1-17(16-38-21-8-9-22(24(33)34)23(28)15-21)6-7-18-10-12-32(13-11-18)25(35)26(36,27(29,30)31)19-4-3-5-20(14-19)37-2/h3-5,8-9,14-15,17-18,36H,6-7,10-13,16H2,1-2H3,(H,33,34)/t17-,26?/m0/s1. The number of ether oxygens (including phenoxy) is 2. The SMILES string of the molecule is COc1cccc(C(O)(C(=O)N2CCC(CC[C@H](C)COc3ccc(C(=O)O)c(Cl)c3)CC2)C(F)(F)F)c1. The summed E-state index contributed by atoms with van der Waals surface area (Å²) in [6.07, 6.45) is -2.54. The van der Waals surface area contributed by atoms with Gasteiger partial charge in [-0.1, -0.05) is 30.7 Å². The van der Waals surface area contributed by atoms with Crippen LogP contribution in [0.15, 0.2) is 42.5 Å². The van der Waals surface area contributed by atoms with Crippen molar-refractivity contribution >= 4 is 23.5 Å². The number of halogens is 4. The van der Waals surface area contributed by atoms with E-state index in [9.17, 15) is 27.9 Å². The van der Waals surface area contributed by atoms with Gasteiger partial charge < -0.3 is 24.6 Å². The molecule has 1 unspecified atom stereocenters. The predicted molar refractivity (Wildman–Crippen MR) is 135 cm³/mol. The fraction of sp³-hybridized carbons (Fsp3) is 0.481. The van der Waals surface area contributed by atoms with Crippen LogP contribution in [0, 0.1) is 11.8 Å². The summed E-state index contributed by atoms with van der Waals surface area (Å²) in [7, 11) is 1.29. The summed E-state index contributed by atoms with van der Waals surface area (Å²) in [4.78, 5) is 25.1. The molecule has 0 spiro atoms. The molecule has 38 heavy (non-hydrogen) atoms. The molecule has 1 amide bonds. The molecule has 0 saturated carbocycles. The number of carboxylic acids is 1. The van der Waals surface area contributed by atoms with Gasteiger partial charge in [0, 0.05) is 18.7 Å². The maximum atomic E-state index is 14.0. The average Bonchev–Trinajstić information content (AvgIpc) is 2.89. The zero-order valence-electron chi connectivity index (χ0n) is 21.1. The van der Waals surface area contributed by atoms with E-state index in [0.29, 0.717) is 25.2 Å². The van der Waals surface area contributed by atoms with Crippen LogP contribution in [0.25, 0.3) is 0 Å². The van der Waals surface area contributed by atoms with Gasteiger partial charge in [-0.2, -0.15) is 13.2 Å². The Hall–Kier alpha value is -2.98. The minimum atomic E-state index is -5.21. The fourth-order valence-corrected chi connectivity index (χ4v) is 4.76. The molecule has 11 heteroatoms. The second-order valence-electron chi connectivity index (χ2n) is 9.62. The third-order valence-corrected chi connectivity index (χ3v) is 7.19. The van der Waals surface area contributed by atoms with Crippen LogP contribution >= 0.6 is 11.6 Å². The molecule has 208 valence electrons. The number of methoxy groups -OCH3 is 1. The van der Waals surface area contributed by atoms with Crippen LogP contribution < -0.4 is 9.47 Å². The third kappa shape index (κ3) is 6.71. The van der Waals surface area contributed by atoms with Crippen molar-refractivity contribution in [1.82, 2.24) is 4.90 Å². The topological polar surface area (TPSA) is 96.3 Å². The van der Waals surface area contributed by atoms with E-state index in [4.69, 9.17) is 26.2 Å². The van der Waals surface area contributed by atoms with Crippen molar-refractivity contribution in [2.75, 3.05) is 26.8 Å². The van der Waals surface area contributed by atoms with Crippen molar-refractivity contribution in [3.8, 4) is 11.5 Å². The minimum absolute atomic E-state index is 0.00550. The number of benzene rings is 2. The number of carbonyl (C=O) groups excluding carboxylic acids is 1. The molecule has 0 aromatic heterocycles. The number of piperidine rings is 1. The van der Waals surface area contributed by atoms with Gasteiger partial charge in [0.2, 0.25) is 0 Å². The van der Waals surface area contributed by atoms with Crippen LogP contribution in [0.3, 0.4) is 0 Å². The highest BCUT2D eigenvalue weighted by Gasteiger charge is 2.62. The lowest BCUT2D eigenvalue weighted by Crippen LogP contribution is -2.57. The van der Waals surface area contributed by atoms with Crippen molar-refractivity contribution in [3.05, 3.63) is 58.6 Å². The molecule has 0 aliphatic carbocycles. The first-order valence-corrected chi connectivity index (χ1v) is 12.6. The summed E-state index contributed by atoms with van der Waals surface area (Å²) in [6.45, 7) is 2.62. The molecule has 1 aliphatic heterocycles. The zero-order chi connectivity index (χ0) is 28.1. The van der Waals surface area contributed by atoms with E-state index in [1.807, 2.05) is 6.92 Å². The van der Waals surface area contributed by atoms with Crippen LogP contribution in [-0.2, 0) is 10.4 Å². The van der Waals surface area contributed by atoms with E-state index in [-0.39, 0.29) is 41.3 Å². The Morgan fingerprint density at radius 3 is 2.39 bits per heavy atom. The maximum absolute atomic E-state index is 14.0. The largest absolute Gasteiger partial charge is 0.497 e. The summed E-state index contributed by atoms with van der Waals surface area (Å²) < 4.78 is 52.7. The molecule has 1 heterocycles. The zero-order valence-corrected chi connectivity index (χ0v) is 21.9. The van der Waals surface area contributed by atoms with E-state index >= 15 is 0 Å². The van der Waals surface area contributed by atoms with Gasteiger partial charge in [0.1, 0.15) is 11.5 Å². The molecule has 7 nitrogen and oxygen atoms in total. The number of hydrogen-bond acceptors (Lipinski definition) is 5. The van der Waals surface area contributed by atoms with Gasteiger partial charge in [0.25, 0.3) is 11.5 Å². The molecule has 2 aromatic carbocycles. The molecule has 2 atom stereocenters. The lowest BCUT2D eigenvalue weighted by atomic mass is 9.87. The molecule has 0 radical (unpaired) electrons. The fourth-order valence-electron chi connectivity index (χ4n) is 4.51. The molecule has 1 aliphatic rings. The van der Waals surface area contributed by atoms with Crippen LogP contribution in [0.2, 0.25) is 5.02 Å². The summed E-state index contributed by atoms with van der Waals surface area (Å²) in [5.74, 6) is -1.54. The smallest absolute Gasteiger partial charge is 0.430 e. The lowest BCUT2D eigenvalue weighted by Gasteiger charge is -2.38. The van der Waals surface area contributed by atoms with Crippen molar-refractivity contribution < 1.29 is 42.4 Å². The Balaban J connectivity index is 1.52. The van der Waals surface area contributed by atoms with E-state index < -0.39 is 29.2 Å². The average molecular weight is 558 g/mol. The Morgan fingerprint density at radius 2 is 1.82 bits per heavy atom. The van der Waals surface area contributed by atoms with Crippen LogP contribution in [0.1, 0.15) is 48.5 Å². The van der Waals surface area contributed by atoms with Crippen LogP contribution in [0.5, 0.6) is 11.5 Å². The van der Waals surface area contributed by atoms with Gasteiger partial charge in [-0.15, -0.1) is 0 Å². The maximum Gasteiger partial charge on any atom is 0.430 e. The molecule has 2 aromatic rings. The normalized spacial score (nSPS) is 17.0. The Labute approximate surface area is 224 Å². The second-order valence-corrected chi connectivity index (χ2v) is 10.0. The highest BCUT2D eigenvalue weighted by Crippen LogP contribution is 2.42. The van der Waals surface area contributed by atoms with Gasteiger partial charge in [0.05, 0.1) is 24.3 Å². The monoisotopic (exact) mass is 557 g/mol. The number of aliphatic hydroxyl groups is 1. The molecular weight excluding hydrogens is 527 g/mol. The number of amides is 1. The van der Waals surface area contributed by atoms with Gasteiger partial charge in [-0.3, -0.25) is 4.79 Å². The number of likely N-dealkylation sites (tertiary alicyclic amines) is 1. The summed E-state index contributed by atoms with van der Waals surface area (Å²) >= 11 is 5.97. The Kier molecular flexibility index (Phi) is 9.54. The first-order valence-electron chi connectivity index (χ1n) is 12.3. The number of carboxylic acid groups (broad SMARTS) is 1. The van der Waals surface area contributed by atoms with Crippen molar-refractivity contribution in [2.45, 2.75) is 44.4 Å². The number of carbonyl (C=O) groups is 2. The number of alkyl halides is 3. The van der Waals surface area contributed by atoms with E-state index in [0.717, 1.165) is 29.9 Å². The first kappa shape index (κ1) is 29.6. The molecule has 2 N–H and O–H groups in total. The van der Waals surface area contributed by atoms with Crippen molar-refractivity contribution in [1.29, 1.82) is 0 Å².